The minimum Gasteiger partial charge on any atom is -0.478 e. The Balaban J connectivity index is 3.14. The fourth-order valence-corrected chi connectivity index (χ4v) is 3.61. The lowest BCUT2D eigenvalue weighted by atomic mass is 10.2. The van der Waals surface area contributed by atoms with Crippen molar-refractivity contribution >= 4 is 31.7 Å². The van der Waals surface area contributed by atoms with Crippen molar-refractivity contribution in [2.75, 3.05) is 5.75 Å². The van der Waals surface area contributed by atoms with E-state index in [1.54, 1.807) is 0 Å². The number of carbonyl (C=O) groups is 1. The van der Waals surface area contributed by atoms with E-state index in [1.165, 1.54) is 6.07 Å². The third-order valence-corrected chi connectivity index (χ3v) is 4.87. The van der Waals surface area contributed by atoms with Crippen LogP contribution in [-0.4, -0.2) is 31.4 Å². The van der Waals surface area contributed by atoms with Crippen molar-refractivity contribution < 1.29 is 31.5 Å². The number of carboxylic acids is 1. The highest BCUT2D eigenvalue weighted by molar-refractivity contribution is 9.10. The summed E-state index contributed by atoms with van der Waals surface area (Å²) in [5.41, 5.74) is -0.311. The molecular weight excluding hydrogens is 353 g/mol. The van der Waals surface area contributed by atoms with E-state index in [1.807, 2.05) is 0 Å². The molecule has 0 radical (unpaired) electrons. The molecule has 19 heavy (non-hydrogen) atoms. The third-order valence-electron chi connectivity index (χ3n) is 2.17. The molecule has 0 aliphatic heterocycles. The highest BCUT2D eigenvalue weighted by Gasteiger charge is 2.31. The van der Waals surface area contributed by atoms with E-state index in [0.717, 1.165) is 12.1 Å². The van der Waals surface area contributed by atoms with Crippen LogP contribution >= 0.6 is 15.9 Å². The Morgan fingerprint density at radius 3 is 2.37 bits per heavy atom. The number of benzene rings is 1. The molecule has 0 heterocycles. The van der Waals surface area contributed by atoms with Crippen LogP contribution in [-0.2, 0) is 9.84 Å². The monoisotopic (exact) mass is 360 g/mol. The van der Waals surface area contributed by atoms with Crippen LogP contribution in [0.5, 0.6) is 0 Å². The minimum absolute atomic E-state index is 0.0275. The fourth-order valence-electron chi connectivity index (χ4n) is 1.23. The van der Waals surface area contributed by atoms with E-state index >= 15 is 0 Å². The summed E-state index contributed by atoms with van der Waals surface area (Å²) in [6.45, 7) is 0. The van der Waals surface area contributed by atoms with Gasteiger partial charge in [0, 0.05) is 4.47 Å². The summed E-state index contributed by atoms with van der Waals surface area (Å²) in [6.07, 6.45) is -6.08. The van der Waals surface area contributed by atoms with Gasteiger partial charge >= 0.3 is 12.1 Å². The lowest BCUT2D eigenvalue weighted by molar-refractivity contribution is -0.129. The summed E-state index contributed by atoms with van der Waals surface area (Å²) in [5, 5.41) is 8.73. The third kappa shape index (κ3) is 4.50. The van der Waals surface area contributed by atoms with Crippen LogP contribution in [0.4, 0.5) is 13.2 Å². The van der Waals surface area contributed by atoms with Gasteiger partial charge in [-0.15, -0.1) is 0 Å². The normalized spacial score (nSPS) is 12.4. The Hall–Kier alpha value is -1.09. The fraction of sp³-hybridized carbons (Fsp3) is 0.300. The first kappa shape index (κ1) is 16.0. The smallest absolute Gasteiger partial charge is 0.390 e. The number of hydrogen-bond donors (Lipinski definition) is 1. The van der Waals surface area contributed by atoms with Crippen molar-refractivity contribution in [3.05, 3.63) is 28.2 Å². The van der Waals surface area contributed by atoms with Crippen molar-refractivity contribution in [3.63, 3.8) is 0 Å². The number of aromatic carboxylic acids is 1. The van der Waals surface area contributed by atoms with Crippen LogP contribution in [0, 0.1) is 0 Å². The molecule has 0 amide bonds. The Labute approximate surface area is 115 Å². The Morgan fingerprint density at radius 2 is 1.89 bits per heavy atom. The highest BCUT2D eigenvalue weighted by Crippen LogP contribution is 2.27. The average molecular weight is 361 g/mol. The number of alkyl halides is 3. The molecule has 0 aliphatic rings. The molecule has 0 unspecified atom stereocenters. The summed E-state index contributed by atoms with van der Waals surface area (Å²) in [5.74, 6) is -2.49. The predicted molar refractivity (Wildman–Crippen MR) is 63.8 cm³/mol. The van der Waals surface area contributed by atoms with E-state index in [9.17, 15) is 26.4 Å². The van der Waals surface area contributed by atoms with Gasteiger partial charge in [0.2, 0.25) is 0 Å². The molecule has 1 aromatic rings. The molecule has 9 heteroatoms. The van der Waals surface area contributed by atoms with Gasteiger partial charge in [0.15, 0.2) is 9.84 Å². The summed E-state index contributed by atoms with van der Waals surface area (Å²) in [4.78, 5) is 10.3. The van der Waals surface area contributed by atoms with Crippen molar-refractivity contribution in [3.8, 4) is 0 Å². The quantitative estimate of drug-likeness (QED) is 0.895. The number of carboxylic acid groups (broad SMARTS) is 1. The second kappa shape index (κ2) is 5.49. The standard InChI is InChI=1S/C10H8BrF3O4S/c11-7-2-1-6(9(15)16)5-8(7)19(17,18)4-3-10(12,13)14/h1-2,5H,3-4H2,(H,15,16). The maximum Gasteiger partial charge on any atom is 0.390 e. The predicted octanol–water partition coefficient (Wildman–Crippen LogP) is 2.87. The van der Waals surface area contributed by atoms with Crippen LogP contribution in [0.3, 0.4) is 0 Å². The summed E-state index contributed by atoms with van der Waals surface area (Å²) in [7, 11) is -4.21. The highest BCUT2D eigenvalue weighted by atomic mass is 79.9. The number of hydrogen-bond acceptors (Lipinski definition) is 3. The molecular formula is C10H8BrF3O4S. The van der Waals surface area contributed by atoms with Gasteiger partial charge in [0.25, 0.3) is 0 Å². The molecule has 0 aromatic heterocycles. The van der Waals surface area contributed by atoms with E-state index in [0.29, 0.717) is 0 Å². The van der Waals surface area contributed by atoms with Gasteiger partial charge in [-0.3, -0.25) is 0 Å². The first-order chi connectivity index (χ1) is 8.53. The molecule has 4 nitrogen and oxygen atoms in total. The van der Waals surface area contributed by atoms with Gasteiger partial charge in [-0.1, -0.05) is 0 Å². The molecule has 1 aromatic carbocycles. The second-order valence-corrected chi connectivity index (χ2v) is 6.57. The topological polar surface area (TPSA) is 71.4 Å². The lowest BCUT2D eigenvalue weighted by Gasteiger charge is -2.09. The molecule has 106 valence electrons. The molecule has 0 aliphatic carbocycles. The van der Waals surface area contributed by atoms with Crippen LogP contribution in [0.1, 0.15) is 16.8 Å². The van der Waals surface area contributed by atoms with Crippen LogP contribution in [0.2, 0.25) is 0 Å². The molecule has 1 rings (SSSR count). The van der Waals surface area contributed by atoms with E-state index in [2.05, 4.69) is 15.9 Å². The number of rotatable bonds is 4. The van der Waals surface area contributed by atoms with E-state index < -0.39 is 39.1 Å². The molecule has 1 N–H and O–H groups in total. The van der Waals surface area contributed by atoms with Gasteiger partial charge in [-0.25, -0.2) is 13.2 Å². The first-order valence-corrected chi connectivity index (χ1v) is 7.30. The Bertz CT molecular complexity index is 595. The molecule has 0 saturated carbocycles. The molecule has 0 saturated heterocycles. The van der Waals surface area contributed by atoms with Crippen LogP contribution in [0.15, 0.2) is 27.6 Å². The van der Waals surface area contributed by atoms with Crippen molar-refractivity contribution in [1.82, 2.24) is 0 Å². The molecule has 0 bridgehead atoms. The zero-order valence-corrected chi connectivity index (χ0v) is 11.6. The Morgan fingerprint density at radius 1 is 1.32 bits per heavy atom. The Kier molecular flexibility index (Phi) is 4.62. The second-order valence-electron chi connectivity index (χ2n) is 3.63. The number of sulfone groups is 1. The van der Waals surface area contributed by atoms with Gasteiger partial charge in [-0.05, 0) is 34.1 Å². The van der Waals surface area contributed by atoms with Crippen molar-refractivity contribution in [2.24, 2.45) is 0 Å². The van der Waals surface area contributed by atoms with E-state index in [4.69, 9.17) is 5.11 Å². The average Bonchev–Trinajstić information content (AvgIpc) is 2.25. The summed E-state index contributed by atoms with van der Waals surface area (Å²) >= 11 is 2.88. The molecule has 0 atom stereocenters. The van der Waals surface area contributed by atoms with Crippen molar-refractivity contribution in [1.29, 1.82) is 0 Å². The van der Waals surface area contributed by atoms with Crippen molar-refractivity contribution in [2.45, 2.75) is 17.5 Å². The zero-order chi connectivity index (χ0) is 14.8. The summed E-state index contributed by atoms with van der Waals surface area (Å²) in [6, 6.07) is 3.15. The maximum atomic E-state index is 12.0. The van der Waals surface area contributed by atoms with Gasteiger partial charge in [-0.2, -0.15) is 13.2 Å². The molecule has 0 fully saturated rings. The van der Waals surface area contributed by atoms with Gasteiger partial charge in [0.1, 0.15) is 0 Å². The number of halogens is 4. The largest absolute Gasteiger partial charge is 0.478 e. The SMILES string of the molecule is O=C(O)c1ccc(Br)c(S(=O)(=O)CCC(F)(F)F)c1. The van der Waals surface area contributed by atoms with Crippen LogP contribution < -0.4 is 0 Å². The lowest BCUT2D eigenvalue weighted by Crippen LogP contribution is -2.17. The van der Waals surface area contributed by atoms with Gasteiger partial charge in [0.05, 0.1) is 22.6 Å². The van der Waals surface area contributed by atoms with E-state index in [-0.39, 0.29) is 10.0 Å². The maximum absolute atomic E-state index is 12.0. The summed E-state index contributed by atoms with van der Waals surface area (Å²) < 4.78 is 59.6. The first-order valence-electron chi connectivity index (χ1n) is 4.85. The van der Waals surface area contributed by atoms with Gasteiger partial charge < -0.3 is 5.11 Å². The van der Waals surface area contributed by atoms with Crippen LogP contribution in [0.25, 0.3) is 0 Å². The molecule has 0 spiro atoms. The minimum atomic E-state index is -4.59. The zero-order valence-electron chi connectivity index (χ0n) is 9.24.